The number of thioether (sulfide) groups is 1. The van der Waals surface area contributed by atoms with Crippen molar-refractivity contribution in [2.24, 2.45) is 0 Å². The Morgan fingerprint density at radius 1 is 0.972 bits per heavy atom. The van der Waals surface area contributed by atoms with Crippen molar-refractivity contribution in [3.8, 4) is 22.9 Å². The lowest BCUT2D eigenvalue weighted by atomic mass is 10.1. The molecule has 186 valence electrons. The summed E-state index contributed by atoms with van der Waals surface area (Å²) in [5.41, 5.74) is 2.59. The van der Waals surface area contributed by atoms with Gasteiger partial charge in [0.1, 0.15) is 23.4 Å². The number of nitro groups is 1. The maximum absolute atomic E-state index is 11.6. The number of aryl methyl sites for hydroxylation is 1. The molecule has 0 fully saturated rings. The molecule has 0 aliphatic carbocycles. The Morgan fingerprint density at radius 3 is 2.39 bits per heavy atom. The molecule has 0 aliphatic rings. The fraction of sp³-hybridized carbons (Fsp3) is 0.231. The largest absolute Gasteiger partial charge is 0.497 e. The van der Waals surface area contributed by atoms with E-state index in [2.05, 4.69) is 10.2 Å². The van der Waals surface area contributed by atoms with Crippen LogP contribution >= 0.6 is 11.8 Å². The summed E-state index contributed by atoms with van der Waals surface area (Å²) in [6.07, 6.45) is 0. The van der Waals surface area contributed by atoms with E-state index < -0.39 is 5.25 Å². The van der Waals surface area contributed by atoms with E-state index in [9.17, 15) is 10.1 Å². The third-order valence-electron chi connectivity index (χ3n) is 5.48. The molecule has 0 bridgehead atoms. The summed E-state index contributed by atoms with van der Waals surface area (Å²) in [6, 6.07) is 22.7. The van der Waals surface area contributed by atoms with E-state index in [1.54, 1.807) is 26.4 Å². The van der Waals surface area contributed by atoms with Crippen LogP contribution in [0.15, 0.2) is 78.0 Å². The molecule has 36 heavy (non-hydrogen) atoms. The van der Waals surface area contributed by atoms with Crippen LogP contribution in [0, 0.1) is 17.0 Å². The minimum absolute atomic E-state index is 0.299. The van der Waals surface area contributed by atoms with E-state index in [1.807, 2.05) is 72.2 Å². The van der Waals surface area contributed by atoms with E-state index >= 15 is 0 Å². The predicted molar refractivity (Wildman–Crippen MR) is 137 cm³/mol. The van der Waals surface area contributed by atoms with Crippen LogP contribution in [0.4, 0.5) is 0 Å². The van der Waals surface area contributed by atoms with Gasteiger partial charge in [0.15, 0.2) is 16.7 Å². The summed E-state index contributed by atoms with van der Waals surface area (Å²) in [5.74, 6) is 2.47. The lowest BCUT2D eigenvalue weighted by molar-refractivity contribution is -0.479. The molecule has 10 heteroatoms. The molecular formula is C26H26N4O5S. The topological polar surface area (TPSA) is 102 Å². The molecule has 4 aromatic rings. The van der Waals surface area contributed by atoms with Crippen LogP contribution in [0.3, 0.4) is 0 Å². The van der Waals surface area contributed by atoms with E-state index in [-0.39, 0.29) is 11.5 Å². The fourth-order valence-electron chi connectivity index (χ4n) is 3.66. The van der Waals surface area contributed by atoms with Crippen molar-refractivity contribution in [3.05, 3.63) is 99.9 Å². The zero-order valence-electron chi connectivity index (χ0n) is 20.2. The number of hydrogen-bond donors (Lipinski definition) is 0. The normalized spacial score (nSPS) is 11.6. The fourth-order valence-corrected chi connectivity index (χ4v) is 4.82. The van der Waals surface area contributed by atoms with E-state index in [0.717, 1.165) is 22.6 Å². The molecular weight excluding hydrogens is 480 g/mol. The average Bonchev–Trinajstić information content (AvgIpc) is 3.27. The molecule has 1 aromatic heterocycles. The van der Waals surface area contributed by atoms with E-state index in [1.165, 1.54) is 11.8 Å². The van der Waals surface area contributed by atoms with Gasteiger partial charge in [0, 0.05) is 10.6 Å². The Kier molecular flexibility index (Phi) is 8.06. The number of ether oxygens (including phenoxy) is 3. The highest BCUT2D eigenvalue weighted by Gasteiger charge is 2.25. The Hall–Kier alpha value is -4.05. The lowest BCUT2D eigenvalue weighted by Gasteiger charge is -2.17. The molecule has 4 rings (SSSR count). The number of benzene rings is 3. The third-order valence-corrected chi connectivity index (χ3v) is 6.67. The maximum atomic E-state index is 11.6. The van der Waals surface area contributed by atoms with Crippen molar-refractivity contribution < 1.29 is 19.1 Å². The first-order valence-corrected chi connectivity index (χ1v) is 12.1. The summed E-state index contributed by atoms with van der Waals surface area (Å²) < 4.78 is 18.6. The van der Waals surface area contributed by atoms with Gasteiger partial charge in [-0.25, -0.2) is 0 Å². The molecule has 0 aliphatic heterocycles. The number of rotatable bonds is 11. The Bertz CT molecular complexity index is 1310. The van der Waals surface area contributed by atoms with Gasteiger partial charge in [-0.2, -0.15) is 0 Å². The zero-order chi connectivity index (χ0) is 25.5. The summed E-state index contributed by atoms with van der Waals surface area (Å²) in [4.78, 5) is 11.2. The second kappa shape index (κ2) is 11.6. The van der Waals surface area contributed by atoms with Gasteiger partial charge in [0.25, 0.3) is 0 Å². The summed E-state index contributed by atoms with van der Waals surface area (Å²) in [6.45, 7) is 1.92. The Labute approximate surface area is 213 Å². The highest BCUT2D eigenvalue weighted by Crippen LogP contribution is 2.39. The second-order valence-corrected chi connectivity index (χ2v) is 9.04. The molecule has 0 N–H and O–H groups in total. The predicted octanol–water partition coefficient (Wildman–Crippen LogP) is 5.28. The second-order valence-electron chi connectivity index (χ2n) is 7.87. The number of hydrogen-bond acceptors (Lipinski definition) is 8. The Balaban J connectivity index is 1.60. The van der Waals surface area contributed by atoms with Gasteiger partial charge in [-0.05, 0) is 54.4 Å². The van der Waals surface area contributed by atoms with E-state index in [4.69, 9.17) is 14.2 Å². The van der Waals surface area contributed by atoms with Crippen LogP contribution in [0.25, 0.3) is 5.69 Å². The molecule has 1 atom stereocenters. The monoisotopic (exact) mass is 506 g/mol. The molecule has 1 heterocycles. The van der Waals surface area contributed by atoms with Gasteiger partial charge in [-0.3, -0.25) is 14.7 Å². The first kappa shape index (κ1) is 25.1. The molecule has 0 saturated carbocycles. The van der Waals surface area contributed by atoms with Gasteiger partial charge in [-0.1, -0.05) is 48.2 Å². The number of aromatic nitrogens is 3. The van der Waals surface area contributed by atoms with Gasteiger partial charge in [0.2, 0.25) is 6.54 Å². The quantitative estimate of drug-likeness (QED) is 0.154. The Morgan fingerprint density at radius 2 is 1.72 bits per heavy atom. The third kappa shape index (κ3) is 5.95. The average molecular weight is 507 g/mol. The van der Waals surface area contributed by atoms with Crippen LogP contribution < -0.4 is 14.2 Å². The summed E-state index contributed by atoms with van der Waals surface area (Å²) in [7, 11) is 3.16. The van der Waals surface area contributed by atoms with Crippen molar-refractivity contribution in [2.75, 3.05) is 20.8 Å². The van der Waals surface area contributed by atoms with Crippen LogP contribution in [0.5, 0.6) is 17.2 Å². The minimum Gasteiger partial charge on any atom is -0.497 e. The maximum Gasteiger partial charge on any atom is 0.220 e. The summed E-state index contributed by atoms with van der Waals surface area (Å²) >= 11 is 1.28. The smallest absolute Gasteiger partial charge is 0.220 e. The molecule has 3 aromatic carbocycles. The van der Waals surface area contributed by atoms with Crippen LogP contribution in [-0.2, 0) is 6.61 Å². The van der Waals surface area contributed by atoms with Crippen molar-refractivity contribution >= 4 is 11.8 Å². The van der Waals surface area contributed by atoms with Gasteiger partial charge < -0.3 is 14.2 Å². The van der Waals surface area contributed by atoms with Gasteiger partial charge >= 0.3 is 0 Å². The van der Waals surface area contributed by atoms with Crippen molar-refractivity contribution in [1.82, 2.24) is 14.8 Å². The van der Waals surface area contributed by atoms with Gasteiger partial charge in [-0.15, -0.1) is 10.2 Å². The molecule has 9 nitrogen and oxygen atoms in total. The van der Waals surface area contributed by atoms with Crippen LogP contribution in [-0.4, -0.2) is 40.5 Å². The zero-order valence-corrected chi connectivity index (χ0v) is 21.0. The highest BCUT2D eigenvalue weighted by molar-refractivity contribution is 7.99. The number of methoxy groups -OCH3 is 2. The lowest BCUT2D eigenvalue weighted by Crippen LogP contribution is -2.11. The molecule has 0 unspecified atom stereocenters. The molecule has 0 amide bonds. The highest BCUT2D eigenvalue weighted by atomic mass is 32.2. The standard InChI is InChI=1S/C26H26N4O5S/c1-18-27-28-26(30(18)21-10-12-22(33-2)13-11-21)36-25(16-29(31)32)20-9-14-23(24(15-20)34-3)35-17-19-7-5-4-6-8-19/h4-15,25H,16-17H2,1-3H3/t25-/m1/s1. The van der Waals surface area contributed by atoms with Crippen molar-refractivity contribution in [2.45, 2.75) is 23.9 Å². The van der Waals surface area contributed by atoms with Gasteiger partial charge in [0.05, 0.1) is 14.2 Å². The van der Waals surface area contributed by atoms with Crippen molar-refractivity contribution in [3.63, 3.8) is 0 Å². The molecule has 0 radical (unpaired) electrons. The number of nitrogens with zero attached hydrogens (tertiary/aromatic N) is 4. The molecule has 0 saturated heterocycles. The first-order valence-electron chi connectivity index (χ1n) is 11.2. The van der Waals surface area contributed by atoms with Crippen LogP contribution in [0.1, 0.15) is 22.2 Å². The molecule has 0 spiro atoms. The van der Waals surface area contributed by atoms with Crippen molar-refractivity contribution in [1.29, 1.82) is 0 Å². The summed E-state index contributed by atoms with van der Waals surface area (Å²) in [5, 5.41) is 20.1. The van der Waals surface area contributed by atoms with E-state index in [0.29, 0.717) is 29.1 Å². The minimum atomic E-state index is -0.530. The van der Waals surface area contributed by atoms with Crippen LogP contribution in [0.2, 0.25) is 0 Å². The first-order chi connectivity index (χ1) is 17.5. The SMILES string of the molecule is COc1ccc(-n2c(C)nnc2S[C@H](C[N+](=O)[O-])c2ccc(OCc3ccccc3)c(OC)c2)cc1.